The number of hydrogen-bond acceptors (Lipinski definition) is 4. The molecule has 0 radical (unpaired) electrons. The van der Waals surface area contributed by atoms with E-state index >= 15 is 0 Å². The monoisotopic (exact) mass is 245 g/mol. The number of aryl methyl sites for hydroxylation is 3. The second-order valence-electron chi connectivity index (χ2n) is 4.37. The molecule has 1 aliphatic rings. The van der Waals surface area contributed by atoms with Crippen LogP contribution >= 0.6 is 0 Å². The molecule has 1 N–H and O–H groups in total. The van der Waals surface area contributed by atoms with Crippen LogP contribution in [0.15, 0.2) is 29.3 Å². The van der Waals surface area contributed by atoms with E-state index in [0.29, 0.717) is 13.1 Å². The molecule has 18 heavy (non-hydrogen) atoms. The summed E-state index contributed by atoms with van der Waals surface area (Å²) in [6.07, 6.45) is 5.61. The Hall–Kier alpha value is -2.11. The Balaban J connectivity index is 1.81. The van der Waals surface area contributed by atoms with E-state index in [1.54, 1.807) is 16.9 Å². The van der Waals surface area contributed by atoms with Crippen LogP contribution in [0.1, 0.15) is 12.1 Å². The minimum atomic E-state index is -0.0599. The molecule has 0 spiro atoms. The molecular weight excluding hydrogens is 230 g/mol. The molecule has 0 saturated heterocycles. The summed E-state index contributed by atoms with van der Waals surface area (Å²) in [6, 6.07) is 3.51. The number of rotatable bonds is 3. The number of hydrogen-bond donors (Lipinski definition) is 1. The molecule has 0 bridgehead atoms. The third-order valence-corrected chi connectivity index (χ3v) is 3.08. The molecule has 6 heteroatoms. The highest BCUT2D eigenvalue weighted by atomic mass is 16.1. The Morgan fingerprint density at radius 3 is 3.17 bits per heavy atom. The molecule has 2 aromatic rings. The molecule has 3 heterocycles. The first-order valence-corrected chi connectivity index (χ1v) is 6.15. The predicted octanol–water partition coefficient (Wildman–Crippen LogP) is 0.498. The average Bonchev–Trinajstić information content (AvgIpc) is 2.89. The van der Waals surface area contributed by atoms with Crippen molar-refractivity contribution in [1.29, 1.82) is 0 Å². The first-order chi connectivity index (χ1) is 8.83. The Bertz CT molecular complexity index is 587. The lowest BCUT2D eigenvalue weighted by molar-refractivity contribution is 0.475. The van der Waals surface area contributed by atoms with Crippen LogP contribution < -0.4 is 10.9 Å². The van der Waals surface area contributed by atoms with Gasteiger partial charge in [-0.3, -0.25) is 9.48 Å². The second-order valence-corrected chi connectivity index (χ2v) is 4.37. The van der Waals surface area contributed by atoms with Crippen LogP contribution in [0.3, 0.4) is 0 Å². The summed E-state index contributed by atoms with van der Waals surface area (Å²) in [5.74, 6) is 0. The summed E-state index contributed by atoms with van der Waals surface area (Å²) in [6.45, 7) is 2.13. The molecule has 3 rings (SSSR count). The quantitative estimate of drug-likeness (QED) is 0.855. The van der Waals surface area contributed by atoms with E-state index in [0.717, 1.165) is 30.8 Å². The average molecular weight is 245 g/mol. The molecule has 94 valence electrons. The van der Waals surface area contributed by atoms with Crippen LogP contribution in [-0.4, -0.2) is 26.1 Å². The number of nitrogens with zero attached hydrogens (tertiary/aromatic N) is 4. The highest BCUT2D eigenvalue weighted by Gasteiger charge is 2.12. The number of aromatic nitrogens is 4. The number of anilines is 1. The fraction of sp³-hybridized carbons (Fsp3) is 0.417. The van der Waals surface area contributed by atoms with Crippen molar-refractivity contribution >= 4 is 5.69 Å². The van der Waals surface area contributed by atoms with Gasteiger partial charge < -0.3 is 5.32 Å². The summed E-state index contributed by atoms with van der Waals surface area (Å²) in [5, 5.41) is 11.7. The molecular formula is C12H15N5O. The zero-order valence-electron chi connectivity index (χ0n) is 10.0. The molecule has 0 aromatic carbocycles. The molecule has 0 amide bonds. The Kier molecular flexibility index (Phi) is 2.84. The Labute approximate surface area is 104 Å². The minimum Gasteiger partial charge on any atom is -0.383 e. The van der Waals surface area contributed by atoms with E-state index in [4.69, 9.17) is 0 Å². The van der Waals surface area contributed by atoms with Gasteiger partial charge in [0.1, 0.15) is 0 Å². The number of nitrogens with one attached hydrogen (secondary N) is 1. The minimum absolute atomic E-state index is 0.0599. The van der Waals surface area contributed by atoms with Gasteiger partial charge in [-0.15, -0.1) is 0 Å². The van der Waals surface area contributed by atoms with E-state index in [1.165, 1.54) is 4.68 Å². The van der Waals surface area contributed by atoms with Gasteiger partial charge in [-0.1, -0.05) is 0 Å². The zero-order valence-corrected chi connectivity index (χ0v) is 10.0. The van der Waals surface area contributed by atoms with E-state index in [1.807, 2.05) is 12.3 Å². The third-order valence-electron chi connectivity index (χ3n) is 3.08. The van der Waals surface area contributed by atoms with Crippen molar-refractivity contribution in [2.24, 2.45) is 0 Å². The maximum Gasteiger partial charge on any atom is 0.268 e. The summed E-state index contributed by atoms with van der Waals surface area (Å²) in [5.41, 5.74) is 1.82. The van der Waals surface area contributed by atoms with Gasteiger partial charge in [0, 0.05) is 25.0 Å². The first-order valence-electron chi connectivity index (χ1n) is 6.15. The molecule has 2 aromatic heterocycles. The van der Waals surface area contributed by atoms with Crippen molar-refractivity contribution in [2.75, 3.05) is 11.9 Å². The summed E-state index contributed by atoms with van der Waals surface area (Å²) in [7, 11) is 0. The van der Waals surface area contributed by atoms with E-state index in [2.05, 4.69) is 15.5 Å². The molecule has 0 atom stereocenters. The lowest BCUT2D eigenvalue weighted by atomic mass is 10.1. The van der Waals surface area contributed by atoms with Crippen molar-refractivity contribution < 1.29 is 0 Å². The summed E-state index contributed by atoms with van der Waals surface area (Å²) >= 11 is 0. The lowest BCUT2D eigenvalue weighted by Gasteiger charge is -2.17. The molecule has 1 aliphatic heterocycles. The Morgan fingerprint density at radius 1 is 1.39 bits per heavy atom. The smallest absolute Gasteiger partial charge is 0.268 e. The van der Waals surface area contributed by atoms with E-state index < -0.39 is 0 Å². The first kappa shape index (κ1) is 11.0. The van der Waals surface area contributed by atoms with Crippen LogP contribution in [-0.2, 0) is 19.5 Å². The fourth-order valence-electron chi connectivity index (χ4n) is 2.14. The van der Waals surface area contributed by atoms with Gasteiger partial charge >= 0.3 is 0 Å². The van der Waals surface area contributed by atoms with Crippen molar-refractivity contribution in [2.45, 2.75) is 25.9 Å². The molecule has 0 aliphatic carbocycles. The SMILES string of the molecule is O=c1cc2c(nn1CCn1cccn1)CCCN2. The maximum atomic E-state index is 11.9. The highest BCUT2D eigenvalue weighted by molar-refractivity contribution is 5.48. The van der Waals surface area contributed by atoms with Crippen molar-refractivity contribution in [3.63, 3.8) is 0 Å². The molecule has 0 unspecified atom stereocenters. The summed E-state index contributed by atoms with van der Waals surface area (Å²) < 4.78 is 3.32. The van der Waals surface area contributed by atoms with Crippen LogP contribution in [0.2, 0.25) is 0 Å². The van der Waals surface area contributed by atoms with Crippen molar-refractivity contribution in [1.82, 2.24) is 19.6 Å². The van der Waals surface area contributed by atoms with Gasteiger partial charge in [-0.25, -0.2) is 4.68 Å². The topological polar surface area (TPSA) is 64.7 Å². The van der Waals surface area contributed by atoms with Crippen LogP contribution in [0.5, 0.6) is 0 Å². The maximum absolute atomic E-state index is 11.9. The normalized spacial score (nSPS) is 14.0. The largest absolute Gasteiger partial charge is 0.383 e. The van der Waals surface area contributed by atoms with Crippen molar-refractivity contribution in [3.8, 4) is 0 Å². The van der Waals surface area contributed by atoms with Gasteiger partial charge in [0.25, 0.3) is 5.56 Å². The van der Waals surface area contributed by atoms with Gasteiger partial charge in [0.05, 0.1) is 24.5 Å². The van der Waals surface area contributed by atoms with Crippen LogP contribution in [0, 0.1) is 0 Å². The van der Waals surface area contributed by atoms with Gasteiger partial charge in [-0.2, -0.15) is 10.2 Å². The lowest BCUT2D eigenvalue weighted by Crippen LogP contribution is -2.28. The number of fused-ring (bicyclic) bond motifs is 1. The fourth-order valence-corrected chi connectivity index (χ4v) is 2.14. The summed E-state index contributed by atoms with van der Waals surface area (Å²) in [4.78, 5) is 11.9. The van der Waals surface area contributed by atoms with Gasteiger partial charge in [0.2, 0.25) is 0 Å². The molecule has 0 fully saturated rings. The second kappa shape index (κ2) is 4.64. The molecule has 0 saturated carbocycles. The highest BCUT2D eigenvalue weighted by Crippen LogP contribution is 2.16. The predicted molar refractivity (Wildman–Crippen MR) is 67.5 cm³/mol. The zero-order chi connectivity index (χ0) is 12.4. The van der Waals surface area contributed by atoms with E-state index in [9.17, 15) is 4.79 Å². The Morgan fingerprint density at radius 2 is 2.33 bits per heavy atom. The molecule has 6 nitrogen and oxygen atoms in total. The third kappa shape index (κ3) is 2.13. The van der Waals surface area contributed by atoms with Crippen molar-refractivity contribution in [3.05, 3.63) is 40.6 Å². The standard InChI is InChI=1S/C12H15N5O/c18-12-9-11-10(3-1-4-13-11)15-17(12)8-7-16-6-2-5-14-16/h2,5-6,9,13H,1,3-4,7-8H2. The van der Waals surface area contributed by atoms with Crippen LogP contribution in [0.4, 0.5) is 5.69 Å². The van der Waals surface area contributed by atoms with Crippen LogP contribution in [0.25, 0.3) is 0 Å². The van der Waals surface area contributed by atoms with Gasteiger partial charge in [-0.05, 0) is 18.9 Å². The van der Waals surface area contributed by atoms with Gasteiger partial charge in [0.15, 0.2) is 0 Å². The van der Waals surface area contributed by atoms with E-state index in [-0.39, 0.29) is 5.56 Å².